The van der Waals surface area contributed by atoms with Crippen LogP contribution in [0.25, 0.3) is 0 Å². The van der Waals surface area contributed by atoms with E-state index in [4.69, 9.17) is 5.32 Å². The molecular formula is C13H27N2. The van der Waals surface area contributed by atoms with Crippen molar-refractivity contribution in [3.63, 3.8) is 0 Å². The van der Waals surface area contributed by atoms with Crippen LogP contribution in [0.2, 0.25) is 0 Å². The molecule has 1 radical (unpaired) electrons. The smallest absolute Gasteiger partial charge is 0.0760 e. The van der Waals surface area contributed by atoms with Crippen molar-refractivity contribution >= 4 is 0 Å². The molecule has 1 fully saturated rings. The van der Waals surface area contributed by atoms with Crippen LogP contribution in [0.5, 0.6) is 0 Å². The molecule has 2 nitrogen and oxygen atoms in total. The summed E-state index contributed by atoms with van der Waals surface area (Å²) in [6.07, 6.45) is 9.80. The van der Waals surface area contributed by atoms with Crippen LogP contribution in [0.15, 0.2) is 0 Å². The number of piperidine rings is 1. The van der Waals surface area contributed by atoms with Crippen molar-refractivity contribution in [2.45, 2.75) is 65.0 Å². The van der Waals surface area contributed by atoms with Crippen molar-refractivity contribution in [3.05, 3.63) is 0 Å². The first-order valence-electron chi connectivity index (χ1n) is 6.79. The molecular weight excluding hydrogens is 184 g/mol. The Bertz CT molecular complexity index is 133. The number of unbranched alkanes of at least 4 members (excludes halogenated alkanes) is 2. The van der Waals surface area contributed by atoms with Crippen molar-refractivity contribution < 1.29 is 0 Å². The maximum atomic E-state index is 4.76. The molecule has 1 aliphatic heterocycles. The number of hydrogen-bond donors (Lipinski definition) is 0. The van der Waals surface area contributed by atoms with Crippen LogP contribution >= 0.6 is 0 Å². The highest BCUT2D eigenvalue weighted by molar-refractivity contribution is 4.73. The maximum absolute atomic E-state index is 4.76. The molecule has 0 bridgehead atoms. The molecule has 1 atom stereocenters. The van der Waals surface area contributed by atoms with Gasteiger partial charge in [0.05, 0.1) is 6.17 Å². The Morgan fingerprint density at radius 2 is 1.73 bits per heavy atom. The van der Waals surface area contributed by atoms with E-state index in [-0.39, 0.29) is 0 Å². The fourth-order valence-corrected chi connectivity index (χ4v) is 2.20. The Morgan fingerprint density at radius 3 is 2.20 bits per heavy atom. The second kappa shape index (κ2) is 8.12. The van der Waals surface area contributed by atoms with Gasteiger partial charge in [-0.15, -0.1) is 0 Å². The summed E-state index contributed by atoms with van der Waals surface area (Å²) in [5.41, 5.74) is 0. The third-order valence-corrected chi connectivity index (χ3v) is 3.23. The van der Waals surface area contributed by atoms with Gasteiger partial charge in [-0.3, -0.25) is 4.90 Å². The zero-order valence-electron chi connectivity index (χ0n) is 10.5. The molecule has 1 saturated heterocycles. The number of nitrogens with zero attached hydrogens (tertiary/aromatic N) is 2. The topological polar surface area (TPSA) is 17.3 Å². The van der Waals surface area contributed by atoms with Gasteiger partial charge in [0.2, 0.25) is 0 Å². The van der Waals surface area contributed by atoms with E-state index in [2.05, 4.69) is 18.7 Å². The summed E-state index contributed by atoms with van der Waals surface area (Å²) in [5.74, 6) is 0. The molecule has 0 aliphatic carbocycles. The monoisotopic (exact) mass is 211 g/mol. The van der Waals surface area contributed by atoms with Gasteiger partial charge in [-0.05, 0) is 45.2 Å². The third kappa shape index (κ3) is 4.98. The van der Waals surface area contributed by atoms with Gasteiger partial charge in [0, 0.05) is 6.54 Å². The largest absolute Gasteiger partial charge is 0.287 e. The van der Waals surface area contributed by atoms with Crippen molar-refractivity contribution in [2.75, 3.05) is 19.6 Å². The lowest BCUT2D eigenvalue weighted by Crippen LogP contribution is -2.45. The van der Waals surface area contributed by atoms with Gasteiger partial charge < -0.3 is 0 Å². The summed E-state index contributed by atoms with van der Waals surface area (Å²) in [5, 5.41) is 4.76. The molecule has 0 amide bonds. The van der Waals surface area contributed by atoms with E-state index in [1.54, 1.807) is 0 Å². The summed E-state index contributed by atoms with van der Waals surface area (Å²) in [6.45, 7) is 8.15. The van der Waals surface area contributed by atoms with Gasteiger partial charge >= 0.3 is 0 Å². The summed E-state index contributed by atoms with van der Waals surface area (Å²) >= 11 is 0. The highest BCUT2D eigenvalue weighted by Crippen LogP contribution is 2.14. The zero-order chi connectivity index (χ0) is 10.9. The van der Waals surface area contributed by atoms with Crippen LogP contribution in [0, 0.1) is 0 Å². The van der Waals surface area contributed by atoms with Gasteiger partial charge in [-0.2, -0.15) is 0 Å². The third-order valence-electron chi connectivity index (χ3n) is 3.23. The molecule has 1 unspecified atom stereocenters. The van der Waals surface area contributed by atoms with Crippen molar-refractivity contribution in [1.29, 1.82) is 0 Å². The molecule has 0 spiro atoms. The molecule has 1 aliphatic rings. The average molecular weight is 211 g/mol. The standard InChI is InChI=1S/C13H27N2/c1-3-5-11-15(12-6-4-2)13-9-7-8-10-14-13/h13H,3-12H2,1-2H3. The predicted molar refractivity (Wildman–Crippen MR) is 66.0 cm³/mol. The van der Waals surface area contributed by atoms with E-state index in [0.29, 0.717) is 6.17 Å². The van der Waals surface area contributed by atoms with E-state index >= 15 is 0 Å². The second-order valence-corrected chi connectivity index (χ2v) is 4.63. The SMILES string of the molecule is CCCCN(CCCC)C1CCCC[N]1. The first-order valence-corrected chi connectivity index (χ1v) is 6.79. The van der Waals surface area contributed by atoms with E-state index in [1.807, 2.05) is 0 Å². The molecule has 2 heteroatoms. The lowest BCUT2D eigenvalue weighted by Gasteiger charge is -2.33. The minimum atomic E-state index is 0.553. The molecule has 0 aromatic rings. The Morgan fingerprint density at radius 1 is 1.07 bits per heavy atom. The Labute approximate surface area is 95.4 Å². The van der Waals surface area contributed by atoms with Crippen LogP contribution < -0.4 is 5.32 Å². The Kier molecular flexibility index (Phi) is 7.03. The van der Waals surface area contributed by atoms with Crippen molar-refractivity contribution in [2.24, 2.45) is 0 Å². The molecule has 0 saturated carbocycles. The van der Waals surface area contributed by atoms with Crippen LogP contribution in [0.4, 0.5) is 0 Å². The summed E-state index contributed by atoms with van der Waals surface area (Å²) in [6, 6.07) is 0. The molecule has 1 heterocycles. The molecule has 89 valence electrons. The second-order valence-electron chi connectivity index (χ2n) is 4.63. The van der Waals surface area contributed by atoms with Gasteiger partial charge in [0.25, 0.3) is 0 Å². The normalized spacial score (nSPS) is 22.2. The molecule has 1 rings (SSSR count). The highest BCUT2D eigenvalue weighted by Gasteiger charge is 2.20. The van der Waals surface area contributed by atoms with E-state index in [1.165, 1.54) is 58.0 Å². The average Bonchev–Trinajstić information content (AvgIpc) is 2.30. The zero-order valence-corrected chi connectivity index (χ0v) is 10.5. The van der Waals surface area contributed by atoms with Gasteiger partial charge in [0.1, 0.15) is 0 Å². The lowest BCUT2D eigenvalue weighted by molar-refractivity contribution is 0.130. The Hall–Kier alpha value is -0.0800. The van der Waals surface area contributed by atoms with Gasteiger partial charge in [-0.25, -0.2) is 5.32 Å². The van der Waals surface area contributed by atoms with Crippen LogP contribution in [-0.4, -0.2) is 30.7 Å². The van der Waals surface area contributed by atoms with Gasteiger partial charge in [0.15, 0.2) is 0 Å². The predicted octanol–water partition coefficient (Wildman–Crippen LogP) is 3.00. The van der Waals surface area contributed by atoms with Crippen molar-refractivity contribution in [3.8, 4) is 0 Å². The molecule has 0 N–H and O–H groups in total. The Balaban J connectivity index is 2.30. The summed E-state index contributed by atoms with van der Waals surface area (Å²) < 4.78 is 0. The highest BCUT2D eigenvalue weighted by atomic mass is 15.3. The molecule has 0 aromatic carbocycles. The fourth-order valence-electron chi connectivity index (χ4n) is 2.20. The van der Waals surface area contributed by atoms with Crippen LogP contribution in [0.1, 0.15) is 58.8 Å². The maximum Gasteiger partial charge on any atom is 0.0760 e. The number of hydrogen-bond acceptors (Lipinski definition) is 1. The van der Waals surface area contributed by atoms with Crippen LogP contribution in [-0.2, 0) is 0 Å². The molecule has 0 aromatic heterocycles. The van der Waals surface area contributed by atoms with E-state index in [9.17, 15) is 0 Å². The minimum Gasteiger partial charge on any atom is -0.287 e. The van der Waals surface area contributed by atoms with Gasteiger partial charge in [-0.1, -0.05) is 26.7 Å². The first kappa shape index (κ1) is 13.0. The summed E-state index contributed by atoms with van der Waals surface area (Å²) in [7, 11) is 0. The first-order chi connectivity index (χ1) is 7.38. The van der Waals surface area contributed by atoms with E-state index < -0.39 is 0 Å². The fraction of sp³-hybridized carbons (Fsp3) is 1.00. The number of rotatable bonds is 7. The van der Waals surface area contributed by atoms with Crippen molar-refractivity contribution in [1.82, 2.24) is 10.2 Å². The summed E-state index contributed by atoms with van der Waals surface area (Å²) in [4.78, 5) is 2.62. The quantitative estimate of drug-likeness (QED) is 0.633. The van der Waals surface area contributed by atoms with E-state index in [0.717, 1.165) is 6.54 Å². The lowest BCUT2D eigenvalue weighted by atomic mass is 10.1. The minimum absolute atomic E-state index is 0.553. The molecule has 15 heavy (non-hydrogen) atoms. The van der Waals surface area contributed by atoms with Crippen LogP contribution in [0.3, 0.4) is 0 Å².